The first kappa shape index (κ1) is 21.8. The first-order valence-electron chi connectivity index (χ1n) is 9.95. The number of benzene rings is 1. The van der Waals surface area contributed by atoms with Crippen LogP contribution in [0.5, 0.6) is 0 Å². The van der Waals surface area contributed by atoms with Crippen LogP contribution in [0.1, 0.15) is 31.1 Å². The molecule has 3 heterocycles. The zero-order chi connectivity index (χ0) is 22.5. The molecule has 3 aromatic heterocycles. The average molecular weight is 464 g/mol. The molecule has 1 aromatic carbocycles. The Kier molecular flexibility index (Phi) is 6.67. The quantitative estimate of drug-likeness (QED) is 0.414. The van der Waals surface area contributed by atoms with Crippen LogP contribution in [0.15, 0.2) is 59.6 Å². The number of thiazole rings is 2. The molecule has 7 nitrogen and oxygen atoms in total. The number of rotatable bonds is 7. The van der Waals surface area contributed by atoms with Crippen LogP contribution < -0.4 is 10.6 Å². The number of carbonyl (C=O) groups is 2. The molecule has 0 radical (unpaired) electrons. The Morgan fingerprint density at radius 2 is 1.84 bits per heavy atom. The molecule has 1 atom stereocenters. The fourth-order valence-electron chi connectivity index (χ4n) is 3.13. The molecule has 0 aliphatic heterocycles. The molecule has 32 heavy (non-hydrogen) atoms. The van der Waals surface area contributed by atoms with Crippen LogP contribution in [0.3, 0.4) is 0 Å². The topological polar surface area (TPSA) is 96.9 Å². The van der Waals surface area contributed by atoms with Gasteiger partial charge in [0.15, 0.2) is 5.13 Å². The monoisotopic (exact) mass is 463 g/mol. The molecule has 0 saturated carbocycles. The number of hydrogen-bond donors (Lipinski definition) is 2. The lowest BCUT2D eigenvalue weighted by molar-refractivity contribution is -0.119. The maximum atomic E-state index is 12.5. The standard InChI is InChI=1S/C23H21N5O2S2/c1-14(25-15(2)29)16-5-7-17(8-6-16)20-13-32-23(27-20)28-21(30)10-19-12-31-22(26-19)18-4-3-9-24-11-18/h3-9,11-14H,10H2,1-2H3,(H,25,29)(H,27,28,30). The first-order valence-corrected chi connectivity index (χ1v) is 11.7. The van der Waals surface area contributed by atoms with E-state index in [0.717, 1.165) is 27.4 Å². The van der Waals surface area contributed by atoms with Gasteiger partial charge in [-0.25, -0.2) is 9.97 Å². The second-order valence-electron chi connectivity index (χ2n) is 7.19. The highest BCUT2D eigenvalue weighted by atomic mass is 32.1. The SMILES string of the molecule is CC(=O)NC(C)c1ccc(-c2csc(NC(=O)Cc3csc(-c4cccnc4)n3)n2)cc1. The van der Waals surface area contributed by atoms with Crippen LogP contribution in [-0.4, -0.2) is 26.8 Å². The molecule has 4 aromatic rings. The number of nitrogens with zero attached hydrogens (tertiary/aromatic N) is 3. The Balaban J connectivity index is 1.36. The van der Waals surface area contributed by atoms with Crippen LogP contribution >= 0.6 is 22.7 Å². The number of hydrogen-bond acceptors (Lipinski definition) is 7. The molecule has 1 unspecified atom stereocenters. The lowest BCUT2D eigenvalue weighted by Crippen LogP contribution is -2.23. The van der Waals surface area contributed by atoms with Crippen molar-refractivity contribution in [2.75, 3.05) is 5.32 Å². The maximum Gasteiger partial charge on any atom is 0.232 e. The van der Waals surface area contributed by atoms with Crippen molar-refractivity contribution < 1.29 is 9.59 Å². The van der Waals surface area contributed by atoms with E-state index in [1.807, 2.05) is 54.1 Å². The molecule has 0 saturated heterocycles. The highest BCUT2D eigenvalue weighted by Crippen LogP contribution is 2.27. The summed E-state index contributed by atoms with van der Waals surface area (Å²) < 4.78 is 0. The number of nitrogens with one attached hydrogen (secondary N) is 2. The third-order valence-corrected chi connectivity index (χ3v) is 6.38. The van der Waals surface area contributed by atoms with Gasteiger partial charge in [0, 0.05) is 41.2 Å². The van der Waals surface area contributed by atoms with Gasteiger partial charge in [-0.05, 0) is 24.6 Å². The summed E-state index contributed by atoms with van der Waals surface area (Å²) in [6.45, 7) is 3.44. The molecular formula is C23H21N5O2S2. The second kappa shape index (κ2) is 9.80. The van der Waals surface area contributed by atoms with Gasteiger partial charge in [-0.3, -0.25) is 14.6 Å². The molecule has 162 valence electrons. The third kappa shape index (κ3) is 5.43. The largest absolute Gasteiger partial charge is 0.350 e. The maximum absolute atomic E-state index is 12.5. The zero-order valence-corrected chi connectivity index (χ0v) is 19.2. The van der Waals surface area contributed by atoms with Crippen molar-refractivity contribution in [3.05, 3.63) is 70.8 Å². The van der Waals surface area contributed by atoms with Crippen LogP contribution in [0, 0.1) is 0 Å². The summed E-state index contributed by atoms with van der Waals surface area (Å²) in [5.74, 6) is -0.221. The lowest BCUT2D eigenvalue weighted by Gasteiger charge is -2.12. The molecule has 0 aliphatic carbocycles. The Bertz CT molecular complexity index is 1220. The van der Waals surface area contributed by atoms with Gasteiger partial charge in [0.1, 0.15) is 5.01 Å². The molecule has 0 aliphatic rings. The van der Waals surface area contributed by atoms with E-state index in [0.29, 0.717) is 10.8 Å². The first-order chi connectivity index (χ1) is 15.5. The van der Waals surface area contributed by atoms with Gasteiger partial charge in [0.05, 0.1) is 23.9 Å². The van der Waals surface area contributed by atoms with E-state index < -0.39 is 0 Å². The van der Waals surface area contributed by atoms with Crippen molar-refractivity contribution in [2.24, 2.45) is 0 Å². The molecule has 0 spiro atoms. The fraction of sp³-hybridized carbons (Fsp3) is 0.174. The van der Waals surface area contributed by atoms with Crippen LogP contribution in [-0.2, 0) is 16.0 Å². The van der Waals surface area contributed by atoms with E-state index in [1.54, 1.807) is 12.4 Å². The van der Waals surface area contributed by atoms with Crippen molar-refractivity contribution in [2.45, 2.75) is 26.3 Å². The van der Waals surface area contributed by atoms with E-state index in [9.17, 15) is 9.59 Å². The van der Waals surface area contributed by atoms with Crippen molar-refractivity contribution in [3.63, 3.8) is 0 Å². The molecule has 9 heteroatoms. The molecule has 2 amide bonds. The van der Waals surface area contributed by atoms with Gasteiger partial charge in [0.2, 0.25) is 11.8 Å². The van der Waals surface area contributed by atoms with Crippen molar-refractivity contribution in [1.82, 2.24) is 20.3 Å². The Labute approximate surface area is 193 Å². The summed E-state index contributed by atoms with van der Waals surface area (Å²) in [4.78, 5) is 36.8. The van der Waals surface area contributed by atoms with Gasteiger partial charge in [-0.2, -0.15) is 0 Å². The molecule has 2 N–H and O–H groups in total. The normalized spacial score (nSPS) is 11.7. The summed E-state index contributed by atoms with van der Waals surface area (Å²) in [7, 11) is 0. The number of pyridine rings is 1. The van der Waals surface area contributed by atoms with E-state index in [-0.39, 0.29) is 24.3 Å². The third-order valence-electron chi connectivity index (χ3n) is 4.68. The van der Waals surface area contributed by atoms with Gasteiger partial charge in [-0.15, -0.1) is 22.7 Å². The van der Waals surface area contributed by atoms with Crippen LogP contribution in [0.4, 0.5) is 5.13 Å². The highest BCUT2D eigenvalue weighted by molar-refractivity contribution is 7.14. The van der Waals surface area contributed by atoms with Crippen LogP contribution in [0.2, 0.25) is 0 Å². The van der Waals surface area contributed by atoms with E-state index >= 15 is 0 Å². The van der Waals surface area contributed by atoms with Gasteiger partial charge < -0.3 is 10.6 Å². The summed E-state index contributed by atoms with van der Waals surface area (Å²) in [5.41, 5.74) is 4.40. The zero-order valence-electron chi connectivity index (χ0n) is 17.5. The Morgan fingerprint density at radius 3 is 2.56 bits per heavy atom. The van der Waals surface area contributed by atoms with Crippen molar-refractivity contribution >= 4 is 39.6 Å². The fourth-order valence-corrected chi connectivity index (χ4v) is 4.68. The van der Waals surface area contributed by atoms with Crippen molar-refractivity contribution in [1.29, 1.82) is 0 Å². The Hall–Kier alpha value is -3.43. The summed E-state index contributed by atoms with van der Waals surface area (Å²) in [6, 6.07) is 11.6. The summed E-state index contributed by atoms with van der Waals surface area (Å²) in [5, 5.41) is 10.9. The molecule has 0 bridgehead atoms. The number of anilines is 1. The number of aromatic nitrogens is 3. The van der Waals surface area contributed by atoms with Crippen molar-refractivity contribution in [3.8, 4) is 21.8 Å². The van der Waals surface area contributed by atoms with E-state index in [2.05, 4.69) is 25.6 Å². The minimum Gasteiger partial charge on any atom is -0.350 e. The van der Waals surface area contributed by atoms with Gasteiger partial charge in [-0.1, -0.05) is 24.3 Å². The lowest BCUT2D eigenvalue weighted by atomic mass is 10.1. The molecule has 0 fully saturated rings. The average Bonchev–Trinajstić information content (AvgIpc) is 3.44. The van der Waals surface area contributed by atoms with Gasteiger partial charge in [0.25, 0.3) is 0 Å². The second-order valence-corrected chi connectivity index (χ2v) is 8.91. The van der Waals surface area contributed by atoms with Gasteiger partial charge >= 0.3 is 0 Å². The minimum absolute atomic E-state index is 0.0591. The summed E-state index contributed by atoms with van der Waals surface area (Å²) in [6.07, 6.45) is 3.66. The Morgan fingerprint density at radius 1 is 1.03 bits per heavy atom. The molecule has 4 rings (SSSR count). The summed E-state index contributed by atoms with van der Waals surface area (Å²) >= 11 is 2.87. The minimum atomic E-state index is -0.159. The smallest absolute Gasteiger partial charge is 0.232 e. The predicted molar refractivity (Wildman–Crippen MR) is 127 cm³/mol. The number of amides is 2. The van der Waals surface area contributed by atoms with E-state index in [1.165, 1.54) is 29.6 Å². The predicted octanol–water partition coefficient (Wildman–Crippen LogP) is 4.71. The molecular weight excluding hydrogens is 442 g/mol. The number of carbonyl (C=O) groups excluding carboxylic acids is 2. The van der Waals surface area contributed by atoms with Crippen LogP contribution in [0.25, 0.3) is 21.8 Å². The highest BCUT2D eigenvalue weighted by Gasteiger charge is 2.13. The van der Waals surface area contributed by atoms with E-state index in [4.69, 9.17) is 0 Å².